The summed E-state index contributed by atoms with van der Waals surface area (Å²) in [5, 5.41) is 4.84. The third-order valence-electron chi connectivity index (χ3n) is 18.9. The molecule has 5 heteroatoms. The van der Waals surface area contributed by atoms with Gasteiger partial charge in [0, 0.05) is 33.6 Å². The second-order valence-corrected chi connectivity index (χ2v) is 22.6. The van der Waals surface area contributed by atoms with Crippen LogP contribution in [0.2, 0.25) is 0 Å². The Kier molecular flexibility index (Phi) is 10.3. The van der Waals surface area contributed by atoms with Crippen molar-refractivity contribution in [2.24, 2.45) is 0 Å². The standard InChI is InChI=1S/C68H61F3N2/c1-44-20-28-52(29-21-44)72-60-34-24-49(42-58(60)64(2)36-12-14-38-66(64,72)4)47-22-32-54-56(40-47)62(45-16-8-6-9-17-45)55-33-23-48(41-57(55)63(54)46-18-10-7-11-19-46)50-25-35-61-59(43-50)65(3)37-13-15-39-67(65,5)73(61)53-30-26-51(27-31-53)68(69,70)71/h6-11,16-35,40-43H,12-15,36-39H2,1-5H3. The second kappa shape index (κ2) is 16.5. The molecule has 0 amide bonds. The minimum Gasteiger partial charge on any atom is -0.334 e. The molecule has 73 heavy (non-hydrogen) atoms. The topological polar surface area (TPSA) is 6.48 Å². The van der Waals surface area contributed by atoms with Crippen molar-refractivity contribution in [1.82, 2.24) is 0 Å². The molecule has 2 saturated carbocycles. The first-order valence-electron chi connectivity index (χ1n) is 26.5. The van der Waals surface area contributed by atoms with Crippen molar-refractivity contribution in [2.75, 3.05) is 9.80 Å². The summed E-state index contributed by atoms with van der Waals surface area (Å²) in [4.78, 5) is 5.02. The lowest BCUT2D eigenvalue weighted by atomic mass is 9.61. The van der Waals surface area contributed by atoms with Crippen molar-refractivity contribution in [1.29, 1.82) is 0 Å². The molecule has 0 spiro atoms. The lowest BCUT2D eigenvalue weighted by molar-refractivity contribution is -0.137. The number of rotatable bonds is 6. The zero-order valence-electron chi connectivity index (χ0n) is 42.5. The van der Waals surface area contributed by atoms with Crippen LogP contribution in [0.5, 0.6) is 0 Å². The minimum atomic E-state index is -4.39. The number of hydrogen-bond acceptors (Lipinski definition) is 2. The van der Waals surface area contributed by atoms with Crippen LogP contribution in [0.1, 0.15) is 101 Å². The van der Waals surface area contributed by atoms with Crippen LogP contribution in [0.15, 0.2) is 182 Å². The van der Waals surface area contributed by atoms with E-state index in [4.69, 9.17) is 0 Å². The normalized spacial score (nSPS) is 23.3. The molecule has 2 heterocycles. The first-order valence-corrected chi connectivity index (χ1v) is 26.5. The van der Waals surface area contributed by atoms with Gasteiger partial charge in [-0.3, -0.25) is 0 Å². The number of hydrogen-bond donors (Lipinski definition) is 0. The van der Waals surface area contributed by atoms with Crippen molar-refractivity contribution in [2.45, 2.75) is 114 Å². The molecule has 0 bridgehead atoms. The van der Waals surface area contributed by atoms with Crippen LogP contribution >= 0.6 is 0 Å². The fourth-order valence-corrected chi connectivity index (χ4v) is 14.5. The van der Waals surface area contributed by atoms with E-state index in [0.29, 0.717) is 0 Å². The van der Waals surface area contributed by atoms with Crippen molar-refractivity contribution in [3.63, 3.8) is 0 Å². The molecular weight excluding hydrogens is 902 g/mol. The molecule has 2 fully saturated rings. The van der Waals surface area contributed by atoms with Gasteiger partial charge < -0.3 is 9.80 Å². The average molecular weight is 963 g/mol. The van der Waals surface area contributed by atoms with Gasteiger partial charge in [-0.1, -0.05) is 154 Å². The molecule has 4 unspecified atom stereocenters. The number of fused-ring (bicyclic) bond motifs is 8. The Morgan fingerprint density at radius 2 is 0.767 bits per heavy atom. The molecular formula is C68H61F3N2. The van der Waals surface area contributed by atoms with Gasteiger partial charge >= 0.3 is 6.18 Å². The van der Waals surface area contributed by atoms with E-state index < -0.39 is 11.7 Å². The highest BCUT2D eigenvalue weighted by Crippen LogP contribution is 2.63. The van der Waals surface area contributed by atoms with Gasteiger partial charge in [-0.2, -0.15) is 13.2 Å². The predicted molar refractivity (Wildman–Crippen MR) is 299 cm³/mol. The Morgan fingerprint density at radius 3 is 1.19 bits per heavy atom. The zero-order valence-corrected chi connectivity index (χ0v) is 42.5. The maximum absolute atomic E-state index is 13.8. The zero-order chi connectivity index (χ0) is 50.1. The third-order valence-corrected chi connectivity index (χ3v) is 18.9. The van der Waals surface area contributed by atoms with E-state index in [0.717, 1.165) is 61.0 Å². The van der Waals surface area contributed by atoms with Gasteiger partial charge in [-0.05, 0) is 196 Å². The summed E-state index contributed by atoms with van der Waals surface area (Å²) in [6.07, 6.45) is 4.57. The van der Waals surface area contributed by atoms with E-state index in [1.165, 1.54) is 108 Å². The Hall–Kier alpha value is -7.11. The maximum Gasteiger partial charge on any atom is 0.416 e. The fraction of sp³-hybridized carbons (Fsp3) is 0.265. The van der Waals surface area contributed by atoms with Gasteiger partial charge in [-0.15, -0.1) is 0 Å². The Bertz CT molecular complexity index is 3640. The summed E-state index contributed by atoms with van der Waals surface area (Å²) in [7, 11) is 0. The first kappa shape index (κ1) is 45.7. The smallest absolute Gasteiger partial charge is 0.334 e. The number of halogens is 3. The number of alkyl halides is 3. The van der Waals surface area contributed by atoms with E-state index in [-0.39, 0.29) is 21.9 Å². The van der Waals surface area contributed by atoms with E-state index in [1.54, 1.807) is 12.1 Å². The van der Waals surface area contributed by atoms with Crippen molar-refractivity contribution < 1.29 is 13.2 Å². The van der Waals surface area contributed by atoms with E-state index in [9.17, 15) is 13.2 Å². The highest BCUT2D eigenvalue weighted by atomic mass is 19.4. The highest BCUT2D eigenvalue weighted by molar-refractivity contribution is 6.22. The number of aryl methyl sites for hydroxylation is 1. The lowest BCUT2D eigenvalue weighted by Crippen LogP contribution is -2.54. The molecule has 9 aromatic rings. The summed E-state index contributed by atoms with van der Waals surface area (Å²) in [6.45, 7) is 11.9. The molecule has 0 aromatic heterocycles. The van der Waals surface area contributed by atoms with Gasteiger partial charge in [0.1, 0.15) is 0 Å². The SMILES string of the molecule is Cc1ccc(N2c3ccc(-c4ccc5c(-c6ccccc6)c6cc(-c7ccc8c(c7)C7(C)CCCCC7(C)N8c7ccc(C(F)(F)F)cc7)ccc6c(-c6ccccc6)c5c4)cc3C3(C)CCCCC23C)cc1. The molecule has 13 rings (SSSR count). The molecule has 0 saturated heterocycles. The van der Waals surface area contributed by atoms with Crippen LogP contribution in [0.4, 0.5) is 35.9 Å². The molecule has 0 N–H and O–H groups in total. The molecule has 4 atom stereocenters. The summed E-state index contributed by atoms with van der Waals surface area (Å²) in [6, 6.07) is 65.1. The van der Waals surface area contributed by atoms with Crippen LogP contribution in [0.3, 0.4) is 0 Å². The van der Waals surface area contributed by atoms with Crippen molar-refractivity contribution in [3.8, 4) is 44.5 Å². The van der Waals surface area contributed by atoms with Gasteiger partial charge in [0.2, 0.25) is 0 Å². The summed E-state index contributed by atoms with van der Waals surface area (Å²) < 4.78 is 41.3. The lowest BCUT2D eigenvalue weighted by Gasteiger charge is -2.50. The summed E-state index contributed by atoms with van der Waals surface area (Å²) in [5.41, 5.74) is 16.9. The monoisotopic (exact) mass is 962 g/mol. The largest absolute Gasteiger partial charge is 0.416 e. The predicted octanol–water partition coefficient (Wildman–Crippen LogP) is 19.5. The average Bonchev–Trinajstić information content (AvgIpc) is 3.75. The van der Waals surface area contributed by atoms with Crippen molar-refractivity contribution >= 4 is 44.3 Å². The molecule has 2 nitrogen and oxygen atoms in total. The van der Waals surface area contributed by atoms with Crippen LogP contribution in [0.25, 0.3) is 66.1 Å². The second-order valence-electron chi connectivity index (χ2n) is 22.6. The van der Waals surface area contributed by atoms with Crippen LogP contribution in [-0.2, 0) is 17.0 Å². The van der Waals surface area contributed by atoms with Crippen LogP contribution in [-0.4, -0.2) is 11.1 Å². The Labute approximate surface area is 428 Å². The number of nitrogens with zero attached hydrogens (tertiary/aromatic N) is 2. The molecule has 4 aliphatic rings. The van der Waals surface area contributed by atoms with E-state index in [1.807, 2.05) is 0 Å². The van der Waals surface area contributed by atoms with Gasteiger partial charge in [0.05, 0.1) is 16.6 Å². The molecule has 364 valence electrons. The fourth-order valence-electron chi connectivity index (χ4n) is 14.5. The molecule has 2 aliphatic carbocycles. The summed E-state index contributed by atoms with van der Waals surface area (Å²) >= 11 is 0. The summed E-state index contributed by atoms with van der Waals surface area (Å²) in [5.74, 6) is 0. The van der Waals surface area contributed by atoms with Gasteiger partial charge in [-0.25, -0.2) is 0 Å². The van der Waals surface area contributed by atoms with E-state index >= 15 is 0 Å². The van der Waals surface area contributed by atoms with Crippen LogP contribution in [0, 0.1) is 6.92 Å². The Morgan fingerprint density at radius 1 is 0.384 bits per heavy atom. The van der Waals surface area contributed by atoms with Crippen molar-refractivity contribution in [3.05, 3.63) is 204 Å². The minimum absolute atomic E-state index is 0.0000192. The van der Waals surface area contributed by atoms with Crippen LogP contribution < -0.4 is 9.80 Å². The Balaban J connectivity index is 0.984. The van der Waals surface area contributed by atoms with Gasteiger partial charge in [0.25, 0.3) is 0 Å². The first-order chi connectivity index (χ1) is 35.2. The quantitative estimate of drug-likeness (QED) is 0.153. The number of anilines is 4. The van der Waals surface area contributed by atoms with Gasteiger partial charge in [0.15, 0.2) is 0 Å². The van der Waals surface area contributed by atoms with E-state index in [2.05, 4.69) is 202 Å². The molecule has 2 aliphatic heterocycles. The highest BCUT2D eigenvalue weighted by Gasteiger charge is 2.59. The molecule has 9 aromatic carbocycles. The molecule has 0 radical (unpaired) electrons. The third kappa shape index (κ3) is 6.76. The number of benzene rings is 9. The maximum atomic E-state index is 13.8.